The van der Waals surface area contributed by atoms with Crippen molar-refractivity contribution in [3.63, 3.8) is 0 Å². The van der Waals surface area contributed by atoms with Crippen molar-refractivity contribution in [3.05, 3.63) is 11.1 Å². The van der Waals surface area contributed by atoms with Crippen LogP contribution < -0.4 is 0 Å². The molecule has 1 unspecified atom stereocenters. The number of aliphatic imine (C=N–C) groups is 1. The Morgan fingerprint density at radius 1 is 1.82 bits per heavy atom. The van der Waals surface area contributed by atoms with E-state index >= 15 is 0 Å². The minimum atomic E-state index is -0.310. The summed E-state index contributed by atoms with van der Waals surface area (Å²) in [4.78, 5) is 14.9. The van der Waals surface area contributed by atoms with Gasteiger partial charge in [-0.15, -0.1) is 0 Å². The Labute approximate surface area is 68.5 Å². The highest BCUT2D eigenvalue weighted by Crippen LogP contribution is 2.27. The van der Waals surface area contributed by atoms with E-state index in [1.165, 1.54) is 0 Å². The standard InChI is InChI=1S/C7H11NO2S/c1-3-10-7(9)6-4-11(2)5-8-6/h4-5,11H,3H2,1-2H3. The van der Waals surface area contributed by atoms with E-state index in [1.54, 1.807) is 12.5 Å². The fourth-order valence-electron chi connectivity index (χ4n) is 0.723. The van der Waals surface area contributed by atoms with Crippen LogP contribution in [0, 0.1) is 0 Å². The van der Waals surface area contributed by atoms with E-state index in [4.69, 9.17) is 4.74 Å². The maximum Gasteiger partial charge on any atom is 0.357 e. The third kappa shape index (κ3) is 2.08. The second kappa shape index (κ2) is 3.57. The lowest BCUT2D eigenvalue weighted by Crippen LogP contribution is -2.04. The largest absolute Gasteiger partial charge is 0.461 e. The van der Waals surface area contributed by atoms with E-state index in [0.717, 1.165) is 0 Å². The summed E-state index contributed by atoms with van der Waals surface area (Å²) in [5.41, 5.74) is 2.25. The van der Waals surface area contributed by atoms with Crippen molar-refractivity contribution in [2.75, 3.05) is 12.9 Å². The number of esters is 1. The van der Waals surface area contributed by atoms with Gasteiger partial charge in [-0.05, 0) is 18.6 Å². The minimum Gasteiger partial charge on any atom is -0.461 e. The van der Waals surface area contributed by atoms with Crippen molar-refractivity contribution in [1.82, 2.24) is 0 Å². The van der Waals surface area contributed by atoms with Crippen molar-refractivity contribution >= 4 is 22.4 Å². The number of hydrogen-bond donors (Lipinski definition) is 1. The van der Waals surface area contributed by atoms with Crippen molar-refractivity contribution in [2.24, 2.45) is 4.99 Å². The average Bonchev–Trinajstić information content (AvgIpc) is 2.36. The summed E-state index contributed by atoms with van der Waals surface area (Å²) < 4.78 is 4.76. The van der Waals surface area contributed by atoms with E-state index in [0.29, 0.717) is 12.3 Å². The summed E-state index contributed by atoms with van der Waals surface area (Å²) in [5.74, 6) is -0.310. The number of thiol groups is 1. The van der Waals surface area contributed by atoms with Crippen molar-refractivity contribution in [1.29, 1.82) is 0 Å². The molecule has 0 radical (unpaired) electrons. The SMILES string of the molecule is CCOC(=O)C1=C[SH](C)C=N1. The lowest BCUT2D eigenvalue weighted by atomic mass is 10.5. The Morgan fingerprint density at radius 2 is 2.55 bits per heavy atom. The molecule has 1 aliphatic rings. The third-order valence-corrected chi connectivity index (χ3v) is 2.32. The summed E-state index contributed by atoms with van der Waals surface area (Å²) in [7, 11) is -0.302. The molecule has 0 spiro atoms. The molecule has 0 aromatic heterocycles. The molecule has 0 aromatic rings. The number of rotatable bonds is 2. The van der Waals surface area contributed by atoms with Crippen LogP contribution in [0.25, 0.3) is 0 Å². The molecule has 11 heavy (non-hydrogen) atoms. The van der Waals surface area contributed by atoms with Crippen LogP contribution in [0.3, 0.4) is 0 Å². The lowest BCUT2D eigenvalue weighted by molar-refractivity contribution is -0.138. The Morgan fingerprint density at radius 3 is 3.00 bits per heavy atom. The monoisotopic (exact) mass is 173 g/mol. The molecule has 0 fully saturated rings. The number of carbonyl (C=O) groups is 1. The van der Waals surface area contributed by atoms with Crippen LogP contribution in [0.4, 0.5) is 0 Å². The van der Waals surface area contributed by atoms with E-state index in [1.807, 2.05) is 11.7 Å². The highest BCUT2D eigenvalue weighted by molar-refractivity contribution is 8.30. The normalized spacial score (nSPS) is 24.9. The van der Waals surface area contributed by atoms with Gasteiger partial charge in [-0.1, -0.05) is 0 Å². The van der Waals surface area contributed by atoms with Gasteiger partial charge in [0, 0.05) is 5.55 Å². The average molecular weight is 173 g/mol. The van der Waals surface area contributed by atoms with Gasteiger partial charge in [0.15, 0.2) is 5.70 Å². The smallest absolute Gasteiger partial charge is 0.357 e. The van der Waals surface area contributed by atoms with Crippen molar-refractivity contribution < 1.29 is 9.53 Å². The van der Waals surface area contributed by atoms with Gasteiger partial charge in [0.25, 0.3) is 0 Å². The first-order chi connectivity index (χ1) is 5.24. The van der Waals surface area contributed by atoms with Gasteiger partial charge in [0.1, 0.15) is 0 Å². The molecule has 4 heteroatoms. The van der Waals surface area contributed by atoms with Crippen molar-refractivity contribution in [2.45, 2.75) is 6.92 Å². The molecule has 0 saturated heterocycles. The molecule has 1 aliphatic heterocycles. The molecule has 1 heterocycles. The Kier molecular flexibility index (Phi) is 2.70. The zero-order chi connectivity index (χ0) is 8.27. The first-order valence-electron chi connectivity index (χ1n) is 3.39. The Hall–Kier alpha value is -0.770. The predicted molar refractivity (Wildman–Crippen MR) is 48.1 cm³/mol. The number of hydrogen-bond acceptors (Lipinski definition) is 3. The lowest BCUT2D eigenvalue weighted by Gasteiger charge is -1.98. The molecule has 0 aliphatic carbocycles. The van der Waals surface area contributed by atoms with Gasteiger partial charge in [-0.2, -0.15) is 10.9 Å². The Balaban J connectivity index is 2.56. The summed E-state index contributed by atoms with van der Waals surface area (Å²) in [6.07, 6.45) is 2.03. The van der Waals surface area contributed by atoms with E-state index < -0.39 is 0 Å². The molecule has 1 atom stereocenters. The molecule has 0 bridgehead atoms. The van der Waals surface area contributed by atoms with Gasteiger partial charge >= 0.3 is 5.97 Å². The van der Waals surface area contributed by atoms with E-state index in [9.17, 15) is 4.79 Å². The van der Waals surface area contributed by atoms with Crippen LogP contribution in [-0.2, 0) is 9.53 Å². The van der Waals surface area contributed by atoms with Gasteiger partial charge in [0.2, 0.25) is 0 Å². The van der Waals surface area contributed by atoms with E-state index in [2.05, 4.69) is 4.99 Å². The van der Waals surface area contributed by atoms with Crippen LogP contribution >= 0.6 is 10.9 Å². The van der Waals surface area contributed by atoms with Gasteiger partial charge in [-0.25, -0.2) is 9.79 Å². The molecule has 0 N–H and O–H groups in total. The fraction of sp³-hybridized carbons (Fsp3) is 0.429. The van der Waals surface area contributed by atoms with Crippen LogP contribution in [-0.4, -0.2) is 24.4 Å². The predicted octanol–water partition coefficient (Wildman–Crippen LogP) is 1.06. The summed E-state index contributed by atoms with van der Waals surface area (Å²) in [5, 5.41) is 1.85. The molecular weight excluding hydrogens is 162 g/mol. The van der Waals surface area contributed by atoms with Gasteiger partial charge in [0.05, 0.1) is 6.61 Å². The minimum absolute atomic E-state index is 0.302. The first-order valence-corrected chi connectivity index (χ1v) is 5.32. The van der Waals surface area contributed by atoms with Gasteiger partial charge in [-0.3, -0.25) is 0 Å². The van der Waals surface area contributed by atoms with Crippen LogP contribution in [0.15, 0.2) is 16.1 Å². The quantitative estimate of drug-likeness (QED) is 0.501. The van der Waals surface area contributed by atoms with Crippen LogP contribution in [0.1, 0.15) is 6.92 Å². The third-order valence-electron chi connectivity index (χ3n) is 1.19. The first kappa shape index (κ1) is 8.33. The number of nitrogens with zero attached hydrogens (tertiary/aromatic N) is 1. The molecule has 0 aromatic carbocycles. The molecular formula is C7H11NO2S. The number of carbonyl (C=O) groups excluding carboxylic acids is 1. The zero-order valence-corrected chi connectivity index (χ0v) is 7.47. The summed E-state index contributed by atoms with van der Waals surface area (Å²) in [6, 6.07) is 0. The second-order valence-corrected chi connectivity index (χ2v) is 3.96. The molecule has 0 saturated carbocycles. The molecule has 62 valence electrons. The van der Waals surface area contributed by atoms with Crippen LogP contribution in [0.2, 0.25) is 0 Å². The zero-order valence-electron chi connectivity index (χ0n) is 6.57. The second-order valence-electron chi connectivity index (χ2n) is 2.14. The highest BCUT2D eigenvalue weighted by atomic mass is 32.2. The molecule has 0 amide bonds. The summed E-state index contributed by atoms with van der Waals surface area (Å²) >= 11 is 0. The van der Waals surface area contributed by atoms with Gasteiger partial charge < -0.3 is 4.74 Å². The number of ether oxygens (including phenoxy) is 1. The summed E-state index contributed by atoms with van der Waals surface area (Å²) in [6.45, 7) is 2.19. The fourth-order valence-corrected chi connectivity index (χ4v) is 1.65. The Bertz CT molecular complexity index is 222. The highest BCUT2D eigenvalue weighted by Gasteiger charge is 2.12. The van der Waals surface area contributed by atoms with E-state index in [-0.39, 0.29) is 16.9 Å². The van der Waals surface area contributed by atoms with Crippen LogP contribution in [0.5, 0.6) is 0 Å². The maximum absolute atomic E-state index is 11.0. The maximum atomic E-state index is 11.0. The molecule has 1 rings (SSSR count). The topological polar surface area (TPSA) is 38.7 Å². The molecule has 3 nitrogen and oxygen atoms in total. The van der Waals surface area contributed by atoms with Crippen molar-refractivity contribution in [3.8, 4) is 0 Å².